The van der Waals surface area contributed by atoms with Gasteiger partial charge in [0.05, 0.1) is 23.3 Å². The van der Waals surface area contributed by atoms with E-state index in [0.29, 0.717) is 24.6 Å². The molecular weight excluding hydrogens is 428 g/mol. The van der Waals surface area contributed by atoms with Crippen molar-refractivity contribution in [2.75, 3.05) is 18.0 Å². The highest BCUT2D eigenvalue weighted by atomic mass is 16.6. The van der Waals surface area contributed by atoms with Gasteiger partial charge in [-0.05, 0) is 32.0 Å². The van der Waals surface area contributed by atoms with Crippen LogP contribution in [0, 0.1) is 10.1 Å². The highest BCUT2D eigenvalue weighted by Crippen LogP contribution is 2.21. The zero-order valence-electron chi connectivity index (χ0n) is 18.0. The molecule has 1 amide bonds. The summed E-state index contributed by atoms with van der Waals surface area (Å²) in [5, 5.41) is 14.9. The predicted molar refractivity (Wildman–Crippen MR) is 122 cm³/mol. The maximum Gasteiger partial charge on any atom is 0.271 e. The number of carbonyl (C=O) groups excluding carboxylic acids is 1. The van der Waals surface area contributed by atoms with Gasteiger partial charge >= 0.3 is 0 Å². The molecular formula is C22H22N6O5. The predicted octanol–water partition coefficient (Wildman–Crippen LogP) is 1.98. The lowest BCUT2D eigenvalue weighted by molar-refractivity contribution is -0.384. The normalized spacial score (nSPS) is 18.5. The number of benzene rings is 1. The Morgan fingerprint density at radius 2 is 2.00 bits per heavy atom. The van der Waals surface area contributed by atoms with Crippen LogP contribution in [0.1, 0.15) is 29.8 Å². The van der Waals surface area contributed by atoms with E-state index < -0.39 is 10.8 Å². The highest BCUT2D eigenvalue weighted by molar-refractivity contribution is 5.96. The Morgan fingerprint density at radius 3 is 2.73 bits per heavy atom. The Bertz CT molecular complexity index is 1290. The van der Waals surface area contributed by atoms with Crippen molar-refractivity contribution in [1.82, 2.24) is 14.8 Å². The van der Waals surface area contributed by atoms with Crippen molar-refractivity contribution >= 4 is 29.3 Å². The van der Waals surface area contributed by atoms with Crippen LogP contribution in [0.3, 0.4) is 0 Å². The summed E-state index contributed by atoms with van der Waals surface area (Å²) < 4.78 is 7.20. The van der Waals surface area contributed by atoms with E-state index >= 15 is 0 Å². The van der Waals surface area contributed by atoms with Crippen molar-refractivity contribution in [3.8, 4) is 0 Å². The summed E-state index contributed by atoms with van der Waals surface area (Å²) >= 11 is 0. The summed E-state index contributed by atoms with van der Waals surface area (Å²) in [6.07, 6.45) is 2.76. The van der Waals surface area contributed by atoms with Crippen LogP contribution in [-0.2, 0) is 4.74 Å². The number of hydrogen-bond donors (Lipinski definition) is 1. The summed E-state index contributed by atoms with van der Waals surface area (Å²) in [4.78, 5) is 42.6. The summed E-state index contributed by atoms with van der Waals surface area (Å²) in [5.41, 5.74) is 2.55. The van der Waals surface area contributed by atoms with E-state index in [1.807, 2.05) is 18.7 Å². The van der Waals surface area contributed by atoms with E-state index in [0.717, 1.165) is 6.07 Å². The zero-order valence-corrected chi connectivity index (χ0v) is 18.0. The second kappa shape index (κ2) is 9.17. The van der Waals surface area contributed by atoms with Crippen molar-refractivity contribution in [3.63, 3.8) is 0 Å². The molecule has 11 heteroatoms. The first-order valence-electron chi connectivity index (χ1n) is 10.3. The maximum absolute atomic E-state index is 13.2. The van der Waals surface area contributed by atoms with Gasteiger partial charge in [0.1, 0.15) is 17.0 Å². The number of nitro benzene ring substituents is 1. The minimum Gasteiger partial charge on any atom is -0.372 e. The SMILES string of the molecule is C[C@@H]1CN(c2nc3ccccn3c(=O)c2/C=N\NC(=O)c2cccc([N+](=O)[O-])c2)C[C@@H](C)O1. The second-order valence-corrected chi connectivity index (χ2v) is 7.75. The van der Waals surface area contributed by atoms with Gasteiger partial charge in [0, 0.05) is 37.0 Å². The molecule has 1 aromatic carbocycles. The van der Waals surface area contributed by atoms with Crippen molar-refractivity contribution in [3.05, 3.63) is 80.3 Å². The molecule has 2 atom stereocenters. The molecule has 4 rings (SSSR count). The molecule has 3 aromatic rings. The van der Waals surface area contributed by atoms with Crippen molar-refractivity contribution < 1.29 is 14.5 Å². The quantitative estimate of drug-likeness (QED) is 0.357. The van der Waals surface area contributed by atoms with E-state index in [-0.39, 0.29) is 34.6 Å². The smallest absolute Gasteiger partial charge is 0.271 e. The number of morpholine rings is 1. The van der Waals surface area contributed by atoms with E-state index in [1.54, 1.807) is 24.4 Å². The standard InChI is InChI=1S/C22H22N6O5/c1-14-12-26(13-15(2)33-14)20-18(22(30)27-9-4-3-8-19(27)24-20)11-23-25-21(29)16-6-5-7-17(10-16)28(31)32/h3-11,14-15H,12-13H2,1-2H3,(H,25,29)/b23-11-/t14-,15-/m1/s1. The minimum atomic E-state index is -0.640. The van der Waals surface area contributed by atoms with Gasteiger partial charge < -0.3 is 9.64 Å². The molecule has 170 valence electrons. The van der Waals surface area contributed by atoms with Crippen LogP contribution in [-0.4, -0.2) is 51.7 Å². The number of hydrazone groups is 1. The fourth-order valence-electron chi connectivity index (χ4n) is 3.78. The monoisotopic (exact) mass is 450 g/mol. The Balaban J connectivity index is 1.67. The largest absolute Gasteiger partial charge is 0.372 e. The van der Waals surface area contributed by atoms with E-state index in [9.17, 15) is 19.7 Å². The maximum atomic E-state index is 13.2. The molecule has 11 nitrogen and oxygen atoms in total. The Kier molecular flexibility index (Phi) is 6.13. The minimum absolute atomic E-state index is 0.0526. The summed E-state index contributed by atoms with van der Waals surface area (Å²) in [5.74, 6) is -0.194. The lowest BCUT2D eigenvalue weighted by atomic mass is 10.2. The number of ether oxygens (including phenoxy) is 1. The molecule has 0 spiro atoms. The molecule has 1 N–H and O–H groups in total. The fourth-order valence-corrected chi connectivity index (χ4v) is 3.78. The average Bonchev–Trinajstić information content (AvgIpc) is 2.79. The van der Waals surface area contributed by atoms with Crippen LogP contribution in [0.4, 0.5) is 11.5 Å². The molecule has 2 aromatic heterocycles. The zero-order chi connectivity index (χ0) is 23.5. The third kappa shape index (κ3) is 4.72. The summed E-state index contributed by atoms with van der Waals surface area (Å²) in [7, 11) is 0. The number of carbonyl (C=O) groups is 1. The second-order valence-electron chi connectivity index (χ2n) is 7.75. The molecule has 1 fully saturated rings. The third-order valence-corrected chi connectivity index (χ3v) is 5.15. The molecule has 1 saturated heterocycles. The molecule has 1 aliphatic heterocycles. The number of anilines is 1. The average molecular weight is 450 g/mol. The Labute approximate surface area is 188 Å². The molecule has 0 bridgehead atoms. The number of nitrogens with one attached hydrogen (secondary N) is 1. The van der Waals surface area contributed by atoms with Crippen LogP contribution in [0.15, 0.2) is 58.6 Å². The molecule has 0 unspecified atom stereocenters. The van der Waals surface area contributed by atoms with Crippen molar-refractivity contribution in [2.24, 2.45) is 5.10 Å². The Morgan fingerprint density at radius 1 is 1.24 bits per heavy atom. The molecule has 0 radical (unpaired) electrons. The number of rotatable bonds is 5. The Hall–Kier alpha value is -4.12. The number of pyridine rings is 1. The number of nitrogens with zero attached hydrogens (tertiary/aromatic N) is 5. The third-order valence-electron chi connectivity index (χ3n) is 5.15. The number of non-ortho nitro benzene ring substituents is 1. The van der Waals surface area contributed by atoms with Crippen LogP contribution in [0.5, 0.6) is 0 Å². The van der Waals surface area contributed by atoms with E-state index in [2.05, 4.69) is 15.5 Å². The lowest BCUT2D eigenvalue weighted by Crippen LogP contribution is -2.47. The lowest BCUT2D eigenvalue weighted by Gasteiger charge is -2.36. The van der Waals surface area contributed by atoms with E-state index in [4.69, 9.17) is 4.74 Å². The summed E-state index contributed by atoms with van der Waals surface area (Å²) in [6.45, 7) is 4.98. The van der Waals surface area contributed by atoms with Crippen LogP contribution in [0.25, 0.3) is 5.65 Å². The van der Waals surface area contributed by atoms with Crippen LogP contribution < -0.4 is 15.9 Å². The number of aromatic nitrogens is 2. The number of fused-ring (bicyclic) bond motifs is 1. The molecule has 3 heterocycles. The highest BCUT2D eigenvalue weighted by Gasteiger charge is 2.26. The topological polar surface area (TPSA) is 131 Å². The van der Waals surface area contributed by atoms with Gasteiger partial charge in [-0.3, -0.25) is 24.1 Å². The van der Waals surface area contributed by atoms with Gasteiger partial charge in [-0.2, -0.15) is 5.10 Å². The number of hydrogen-bond acceptors (Lipinski definition) is 8. The first-order chi connectivity index (χ1) is 15.8. The van der Waals surface area contributed by atoms with Gasteiger partial charge in [0.2, 0.25) is 0 Å². The first-order valence-corrected chi connectivity index (χ1v) is 10.3. The molecule has 1 aliphatic rings. The number of nitro groups is 1. The van der Waals surface area contributed by atoms with Crippen LogP contribution in [0.2, 0.25) is 0 Å². The number of amides is 1. The van der Waals surface area contributed by atoms with Gasteiger partial charge in [-0.1, -0.05) is 12.1 Å². The molecule has 0 aliphatic carbocycles. The molecule has 33 heavy (non-hydrogen) atoms. The fraction of sp³-hybridized carbons (Fsp3) is 0.273. The first kappa shape index (κ1) is 22.1. The van der Waals surface area contributed by atoms with Gasteiger partial charge in [-0.25, -0.2) is 10.4 Å². The van der Waals surface area contributed by atoms with Crippen molar-refractivity contribution in [2.45, 2.75) is 26.1 Å². The van der Waals surface area contributed by atoms with Crippen molar-refractivity contribution in [1.29, 1.82) is 0 Å². The van der Waals surface area contributed by atoms with E-state index in [1.165, 1.54) is 28.8 Å². The van der Waals surface area contributed by atoms with Crippen LogP contribution >= 0.6 is 0 Å². The van der Waals surface area contributed by atoms with Gasteiger partial charge in [-0.15, -0.1) is 0 Å². The molecule has 0 saturated carbocycles. The summed E-state index contributed by atoms with van der Waals surface area (Å²) in [6, 6.07) is 10.5. The van der Waals surface area contributed by atoms with Gasteiger partial charge in [0.25, 0.3) is 17.2 Å². The van der Waals surface area contributed by atoms with Gasteiger partial charge in [0.15, 0.2) is 0 Å².